The number of aliphatic imine (C=N–C) groups is 1. The van der Waals surface area contributed by atoms with Gasteiger partial charge in [-0.2, -0.15) is 0 Å². The zero-order valence-corrected chi connectivity index (χ0v) is 8.43. The van der Waals surface area contributed by atoms with Gasteiger partial charge in [0.25, 0.3) is 0 Å². The molecule has 1 aromatic heterocycles. The largest absolute Gasteiger partial charge is 0.350 e. The summed E-state index contributed by atoms with van der Waals surface area (Å²) in [7, 11) is 3.88. The molecule has 0 saturated heterocycles. The van der Waals surface area contributed by atoms with Crippen LogP contribution in [0.15, 0.2) is 11.2 Å². The Labute approximate surface area is 82.6 Å². The van der Waals surface area contributed by atoms with Crippen molar-refractivity contribution in [1.29, 1.82) is 0 Å². The van der Waals surface area contributed by atoms with Crippen molar-refractivity contribution >= 4 is 5.96 Å². The molecule has 2 rings (SSSR count). The van der Waals surface area contributed by atoms with E-state index in [0.29, 0.717) is 6.54 Å². The molecule has 6 heteroatoms. The molecule has 0 atom stereocenters. The lowest BCUT2D eigenvalue weighted by Crippen LogP contribution is -2.35. The molecule has 76 valence electrons. The van der Waals surface area contributed by atoms with Gasteiger partial charge in [-0.3, -0.25) is 9.67 Å². The van der Waals surface area contributed by atoms with Crippen molar-refractivity contribution in [2.75, 3.05) is 20.1 Å². The molecule has 0 radical (unpaired) electrons. The summed E-state index contributed by atoms with van der Waals surface area (Å²) in [6, 6.07) is 0. The molecule has 1 aromatic rings. The molecule has 14 heavy (non-hydrogen) atoms. The molecule has 1 aliphatic heterocycles. The summed E-state index contributed by atoms with van der Waals surface area (Å²) in [4.78, 5) is 6.41. The third-order valence-electron chi connectivity index (χ3n) is 2.14. The minimum atomic E-state index is 0.678. The molecule has 2 heterocycles. The Morgan fingerprint density at radius 2 is 2.36 bits per heavy atom. The lowest BCUT2D eigenvalue weighted by atomic mass is 10.5. The van der Waals surface area contributed by atoms with Crippen LogP contribution in [0.4, 0.5) is 0 Å². The first-order chi connectivity index (χ1) is 6.75. The van der Waals surface area contributed by atoms with Gasteiger partial charge in [-0.25, -0.2) is 0 Å². The summed E-state index contributed by atoms with van der Waals surface area (Å²) in [6.07, 6.45) is 1.89. The zero-order valence-electron chi connectivity index (χ0n) is 8.43. The standard InChI is InChI=1S/C8H14N6/c1-13-4-3-9-8(13)10-5-7-6-14(2)12-11-7/h6H,3-5H2,1-2H3,(H,9,10). The number of likely N-dealkylation sites (N-methyl/N-ethyl adjacent to an activating group) is 1. The molecular weight excluding hydrogens is 180 g/mol. The zero-order chi connectivity index (χ0) is 9.97. The van der Waals surface area contributed by atoms with E-state index < -0.39 is 0 Å². The van der Waals surface area contributed by atoms with E-state index in [1.54, 1.807) is 4.68 Å². The molecule has 0 aromatic carbocycles. The van der Waals surface area contributed by atoms with Crippen molar-refractivity contribution in [2.24, 2.45) is 12.0 Å². The quantitative estimate of drug-likeness (QED) is 0.670. The van der Waals surface area contributed by atoms with Gasteiger partial charge in [-0.05, 0) is 0 Å². The van der Waals surface area contributed by atoms with Crippen LogP contribution in [0, 0.1) is 0 Å². The van der Waals surface area contributed by atoms with Crippen LogP contribution in [-0.4, -0.2) is 46.0 Å². The van der Waals surface area contributed by atoms with Gasteiger partial charge in [-0.1, -0.05) is 5.21 Å². The maximum Gasteiger partial charge on any atom is 0.194 e. The van der Waals surface area contributed by atoms with Gasteiger partial charge in [0.15, 0.2) is 5.96 Å². The molecule has 0 amide bonds. The monoisotopic (exact) mass is 194 g/mol. The highest BCUT2D eigenvalue weighted by Gasteiger charge is 2.11. The fraction of sp³-hybridized carbons (Fsp3) is 0.625. The fourth-order valence-electron chi connectivity index (χ4n) is 1.37. The highest BCUT2D eigenvalue weighted by Crippen LogP contribution is 1.97. The second-order valence-corrected chi connectivity index (χ2v) is 3.36. The maximum absolute atomic E-state index is 4.32. The Morgan fingerprint density at radius 3 is 2.93 bits per heavy atom. The van der Waals surface area contributed by atoms with E-state index >= 15 is 0 Å². The van der Waals surface area contributed by atoms with Gasteiger partial charge < -0.3 is 10.2 Å². The first-order valence-electron chi connectivity index (χ1n) is 4.60. The van der Waals surface area contributed by atoms with Crippen LogP contribution in [-0.2, 0) is 13.6 Å². The molecule has 0 saturated carbocycles. The summed E-state index contributed by atoms with van der Waals surface area (Å²) < 4.78 is 1.69. The van der Waals surface area contributed by atoms with Crippen LogP contribution in [0.25, 0.3) is 0 Å². The normalized spacial score (nSPS) is 15.9. The smallest absolute Gasteiger partial charge is 0.194 e. The highest BCUT2D eigenvalue weighted by molar-refractivity contribution is 5.81. The lowest BCUT2D eigenvalue weighted by Gasteiger charge is -2.13. The molecule has 0 spiro atoms. The summed E-state index contributed by atoms with van der Waals surface area (Å²) >= 11 is 0. The minimum Gasteiger partial charge on any atom is -0.350 e. The number of guanidine groups is 1. The molecule has 1 N–H and O–H groups in total. The van der Waals surface area contributed by atoms with Crippen LogP contribution >= 0.6 is 0 Å². The van der Waals surface area contributed by atoms with E-state index in [1.807, 2.05) is 20.3 Å². The van der Waals surface area contributed by atoms with E-state index in [2.05, 4.69) is 25.5 Å². The SMILES string of the molecule is CN1CCN=C1NCc1cn(C)nn1. The molecule has 0 fully saturated rings. The topological polar surface area (TPSA) is 58.3 Å². The average molecular weight is 194 g/mol. The van der Waals surface area contributed by atoms with Gasteiger partial charge in [-0.15, -0.1) is 5.10 Å². The van der Waals surface area contributed by atoms with Gasteiger partial charge in [0.1, 0.15) is 5.69 Å². The molecule has 0 unspecified atom stereocenters. The van der Waals surface area contributed by atoms with Crippen molar-refractivity contribution in [3.05, 3.63) is 11.9 Å². The second kappa shape index (κ2) is 3.65. The average Bonchev–Trinajstić information content (AvgIpc) is 2.72. The fourth-order valence-corrected chi connectivity index (χ4v) is 1.37. The van der Waals surface area contributed by atoms with Gasteiger partial charge in [0.2, 0.25) is 0 Å². The summed E-state index contributed by atoms with van der Waals surface area (Å²) in [5.74, 6) is 0.940. The number of rotatable bonds is 2. The van der Waals surface area contributed by atoms with Gasteiger partial charge >= 0.3 is 0 Å². The third-order valence-corrected chi connectivity index (χ3v) is 2.14. The summed E-state index contributed by atoms with van der Waals surface area (Å²) in [5, 5.41) is 11.1. The number of nitrogens with one attached hydrogen (secondary N) is 1. The predicted molar refractivity (Wildman–Crippen MR) is 52.8 cm³/mol. The number of aromatic nitrogens is 3. The Hall–Kier alpha value is -1.59. The van der Waals surface area contributed by atoms with Gasteiger partial charge in [0.05, 0.1) is 13.1 Å². The third kappa shape index (κ3) is 1.84. The van der Waals surface area contributed by atoms with Gasteiger partial charge in [0, 0.05) is 26.8 Å². The van der Waals surface area contributed by atoms with Crippen molar-refractivity contribution < 1.29 is 0 Å². The molecular formula is C8H14N6. The van der Waals surface area contributed by atoms with Crippen molar-refractivity contribution in [1.82, 2.24) is 25.2 Å². The predicted octanol–water partition coefficient (Wildman–Crippen LogP) is -0.794. The van der Waals surface area contributed by atoms with Crippen molar-refractivity contribution in [2.45, 2.75) is 6.54 Å². The Bertz CT molecular complexity index is 341. The van der Waals surface area contributed by atoms with Crippen LogP contribution in [0.3, 0.4) is 0 Å². The van der Waals surface area contributed by atoms with Crippen LogP contribution in [0.5, 0.6) is 0 Å². The van der Waals surface area contributed by atoms with E-state index in [0.717, 1.165) is 24.7 Å². The van der Waals surface area contributed by atoms with E-state index in [9.17, 15) is 0 Å². The van der Waals surface area contributed by atoms with E-state index in [-0.39, 0.29) is 0 Å². The highest BCUT2D eigenvalue weighted by atomic mass is 15.4. The van der Waals surface area contributed by atoms with Crippen molar-refractivity contribution in [3.63, 3.8) is 0 Å². The minimum absolute atomic E-state index is 0.678. The molecule has 0 aliphatic carbocycles. The number of nitrogens with zero attached hydrogens (tertiary/aromatic N) is 5. The summed E-state index contributed by atoms with van der Waals surface area (Å²) in [6.45, 7) is 2.54. The molecule has 6 nitrogen and oxygen atoms in total. The van der Waals surface area contributed by atoms with Crippen LogP contribution in [0.2, 0.25) is 0 Å². The Balaban J connectivity index is 1.88. The summed E-state index contributed by atoms with van der Waals surface area (Å²) in [5.41, 5.74) is 0.926. The lowest BCUT2D eigenvalue weighted by molar-refractivity contribution is 0.533. The second-order valence-electron chi connectivity index (χ2n) is 3.36. The Kier molecular flexibility index (Phi) is 2.34. The number of hydrogen-bond acceptors (Lipinski definition) is 5. The molecule has 0 bridgehead atoms. The van der Waals surface area contributed by atoms with E-state index in [4.69, 9.17) is 0 Å². The van der Waals surface area contributed by atoms with Crippen LogP contribution < -0.4 is 5.32 Å². The number of hydrogen-bond donors (Lipinski definition) is 1. The van der Waals surface area contributed by atoms with Crippen molar-refractivity contribution in [3.8, 4) is 0 Å². The van der Waals surface area contributed by atoms with Crippen LogP contribution in [0.1, 0.15) is 5.69 Å². The first-order valence-corrected chi connectivity index (χ1v) is 4.60. The maximum atomic E-state index is 4.32. The number of aryl methyl sites for hydroxylation is 1. The molecule has 1 aliphatic rings. The Morgan fingerprint density at radius 1 is 1.50 bits per heavy atom. The first kappa shape index (κ1) is 8.98. The van der Waals surface area contributed by atoms with E-state index in [1.165, 1.54) is 0 Å².